The third-order valence-corrected chi connectivity index (χ3v) is 3.76. The van der Waals surface area contributed by atoms with Crippen molar-refractivity contribution in [2.24, 2.45) is 0 Å². The van der Waals surface area contributed by atoms with Crippen molar-refractivity contribution < 1.29 is 23.7 Å². The number of rotatable bonds is 6. The molecule has 25 heavy (non-hydrogen) atoms. The second kappa shape index (κ2) is 7.61. The first-order chi connectivity index (χ1) is 12.2. The number of methoxy groups -OCH3 is 2. The summed E-state index contributed by atoms with van der Waals surface area (Å²) in [5.41, 5.74) is 1.73. The Balaban J connectivity index is 1.60. The number of ether oxygens (including phenoxy) is 4. The molecule has 1 N–H and O–H groups in total. The second-order valence-corrected chi connectivity index (χ2v) is 5.35. The predicted octanol–water partition coefficient (Wildman–Crippen LogP) is 2.76. The maximum absolute atomic E-state index is 12.0. The molecule has 0 saturated heterocycles. The molecule has 0 unspecified atom stereocenters. The number of fused-ring (bicyclic) bond motifs is 1. The van der Waals surface area contributed by atoms with E-state index in [9.17, 15) is 4.79 Å². The number of carbonyl (C=O) groups is 1. The van der Waals surface area contributed by atoms with Crippen LogP contribution in [-0.2, 0) is 11.3 Å². The molecule has 6 nitrogen and oxygen atoms in total. The van der Waals surface area contributed by atoms with Crippen LogP contribution < -0.4 is 24.3 Å². The van der Waals surface area contributed by atoms with Gasteiger partial charge < -0.3 is 24.3 Å². The summed E-state index contributed by atoms with van der Waals surface area (Å²) in [6.45, 7) is 0.636. The zero-order valence-corrected chi connectivity index (χ0v) is 14.1. The fourth-order valence-electron chi connectivity index (χ4n) is 2.42. The number of amides is 1. The molecule has 0 saturated carbocycles. The summed E-state index contributed by atoms with van der Waals surface area (Å²) in [5, 5.41) is 2.83. The first kappa shape index (κ1) is 16.7. The molecule has 1 heterocycles. The molecule has 2 aromatic rings. The number of hydrogen-bond donors (Lipinski definition) is 1. The largest absolute Gasteiger partial charge is 0.497 e. The molecular weight excluding hydrogens is 322 g/mol. The first-order valence-corrected chi connectivity index (χ1v) is 7.76. The van der Waals surface area contributed by atoms with E-state index in [-0.39, 0.29) is 12.7 Å². The van der Waals surface area contributed by atoms with E-state index in [2.05, 4.69) is 5.32 Å². The van der Waals surface area contributed by atoms with Crippen molar-refractivity contribution in [2.75, 3.05) is 21.0 Å². The van der Waals surface area contributed by atoms with Crippen LogP contribution in [0.1, 0.15) is 11.1 Å². The lowest BCUT2D eigenvalue weighted by molar-refractivity contribution is -0.116. The molecule has 1 aliphatic heterocycles. The van der Waals surface area contributed by atoms with Crippen LogP contribution >= 0.6 is 0 Å². The van der Waals surface area contributed by atoms with Crippen LogP contribution in [0.3, 0.4) is 0 Å². The molecule has 0 spiro atoms. The monoisotopic (exact) mass is 341 g/mol. The molecule has 1 aliphatic rings. The summed E-state index contributed by atoms with van der Waals surface area (Å²) >= 11 is 0. The van der Waals surface area contributed by atoms with Crippen molar-refractivity contribution in [1.29, 1.82) is 0 Å². The zero-order chi connectivity index (χ0) is 17.6. The highest BCUT2D eigenvalue weighted by atomic mass is 16.7. The van der Waals surface area contributed by atoms with Gasteiger partial charge in [-0.3, -0.25) is 4.79 Å². The van der Waals surface area contributed by atoms with Gasteiger partial charge in [0.2, 0.25) is 12.7 Å². The third kappa shape index (κ3) is 4.03. The van der Waals surface area contributed by atoms with Crippen LogP contribution in [0.25, 0.3) is 6.08 Å². The highest BCUT2D eigenvalue weighted by Gasteiger charge is 2.13. The van der Waals surface area contributed by atoms with Crippen LogP contribution in [-0.4, -0.2) is 26.9 Å². The Kier molecular flexibility index (Phi) is 5.09. The SMILES string of the molecule is COc1ccc(/C=C/C(=O)NCc2ccc3c(c2)OCO3)c(OC)c1. The summed E-state index contributed by atoms with van der Waals surface area (Å²) in [6, 6.07) is 11.0. The third-order valence-electron chi connectivity index (χ3n) is 3.76. The second-order valence-electron chi connectivity index (χ2n) is 5.35. The maximum Gasteiger partial charge on any atom is 0.244 e. The van der Waals surface area contributed by atoms with E-state index < -0.39 is 0 Å². The van der Waals surface area contributed by atoms with Crippen LogP contribution in [0.4, 0.5) is 0 Å². The van der Waals surface area contributed by atoms with Gasteiger partial charge in [0.25, 0.3) is 0 Å². The fourth-order valence-corrected chi connectivity index (χ4v) is 2.42. The average molecular weight is 341 g/mol. The summed E-state index contributed by atoms with van der Waals surface area (Å²) in [5.74, 6) is 2.56. The molecule has 0 radical (unpaired) electrons. The van der Waals surface area contributed by atoms with Gasteiger partial charge in [0.15, 0.2) is 11.5 Å². The van der Waals surface area contributed by atoms with E-state index in [1.54, 1.807) is 26.4 Å². The topological polar surface area (TPSA) is 66.0 Å². The summed E-state index contributed by atoms with van der Waals surface area (Å²) in [7, 11) is 3.17. The highest BCUT2D eigenvalue weighted by molar-refractivity contribution is 5.92. The Morgan fingerprint density at radius 1 is 1.12 bits per heavy atom. The van der Waals surface area contributed by atoms with Gasteiger partial charge in [-0.2, -0.15) is 0 Å². The molecule has 1 amide bonds. The Labute approximate surface area is 146 Å². The van der Waals surface area contributed by atoms with Gasteiger partial charge in [0, 0.05) is 24.3 Å². The van der Waals surface area contributed by atoms with Gasteiger partial charge in [-0.1, -0.05) is 6.07 Å². The van der Waals surface area contributed by atoms with Crippen molar-refractivity contribution in [3.05, 3.63) is 53.6 Å². The normalized spacial score (nSPS) is 12.2. The van der Waals surface area contributed by atoms with E-state index >= 15 is 0 Å². The minimum absolute atomic E-state index is 0.199. The van der Waals surface area contributed by atoms with Gasteiger partial charge in [0.05, 0.1) is 14.2 Å². The van der Waals surface area contributed by atoms with E-state index in [1.807, 2.05) is 30.3 Å². The quantitative estimate of drug-likeness (QED) is 0.819. The zero-order valence-electron chi connectivity index (χ0n) is 14.1. The number of carbonyl (C=O) groups excluding carboxylic acids is 1. The van der Waals surface area contributed by atoms with E-state index in [1.165, 1.54) is 6.08 Å². The van der Waals surface area contributed by atoms with Crippen LogP contribution in [0.2, 0.25) is 0 Å². The minimum Gasteiger partial charge on any atom is -0.497 e. The lowest BCUT2D eigenvalue weighted by Crippen LogP contribution is -2.20. The molecular formula is C19H19NO5. The van der Waals surface area contributed by atoms with Gasteiger partial charge in [-0.05, 0) is 35.9 Å². The van der Waals surface area contributed by atoms with Crippen LogP contribution in [0.5, 0.6) is 23.0 Å². The smallest absolute Gasteiger partial charge is 0.244 e. The molecule has 0 atom stereocenters. The molecule has 0 aliphatic carbocycles. The van der Waals surface area contributed by atoms with E-state index in [0.717, 1.165) is 16.9 Å². The molecule has 0 aromatic heterocycles. The Morgan fingerprint density at radius 2 is 1.96 bits per heavy atom. The molecule has 2 aromatic carbocycles. The van der Waals surface area contributed by atoms with Gasteiger partial charge in [0.1, 0.15) is 11.5 Å². The summed E-state index contributed by atoms with van der Waals surface area (Å²) in [6.07, 6.45) is 3.17. The number of benzene rings is 2. The lowest BCUT2D eigenvalue weighted by atomic mass is 10.1. The molecule has 6 heteroatoms. The van der Waals surface area contributed by atoms with Gasteiger partial charge >= 0.3 is 0 Å². The first-order valence-electron chi connectivity index (χ1n) is 7.76. The Hall–Kier alpha value is -3.15. The van der Waals surface area contributed by atoms with Crippen molar-refractivity contribution >= 4 is 12.0 Å². The van der Waals surface area contributed by atoms with Gasteiger partial charge in [-0.25, -0.2) is 0 Å². The maximum atomic E-state index is 12.0. The fraction of sp³-hybridized carbons (Fsp3) is 0.211. The van der Waals surface area contributed by atoms with Crippen molar-refractivity contribution in [3.63, 3.8) is 0 Å². The van der Waals surface area contributed by atoms with E-state index in [4.69, 9.17) is 18.9 Å². The molecule has 130 valence electrons. The predicted molar refractivity (Wildman–Crippen MR) is 93.0 cm³/mol. The Morgan fingerprint density at radius 3 is 2.76 bits per heavy atom. The van der Waals surface area contributed by atoms with Crippen molar-refractivity contribution in [3.8, 4) is 23.0 Å². The lowest BCUT2D eigenvalue weighted by Gasteiger charge is -2.07. The highest BCUT2D eigenvalue weighted by Crippen LogP contribution is 2.32. The van der Waals surface area contributed by atoms with E-state index in [0.29, 0.717) is 23.8 Å². The van der Waals surface area contributed by atoms with Crippen LogP contribution in [0.15, 0.2) is 42.5 Å². The Bertz CT molecular complexity index is 800. The summed E-state index contributed by atoms with van der Waals surface area (Å²) < 4.78 is 21.0. The molecule has 0 bridgehead atoms. The number of hydrogen-bond acceptors (Lipinski definition) is 5. The number of nitrogens with one attached hydrogen (secondary N) is 1. The van der Waals surface area contributed by atoms with Crippen LogP contribution in [0, 0.1) is 0 Å². The minimum atomic E-state index is -0.199. The van der Waals surface area contributed by atoms with Crippen molar-refractivity contribution in [1.82, 2.24) is 5.32 Å². The standard InChI is InChI=1S/C19H19NO5/c1-22-15-6-4-14(17(10-15)23-2)5-8-19(21)20-11-13-3-7-16-18(9-13)25-12-24-16/h3-10H,11-12H2,1-2H3,(H,20,21)/b8-5+. The van der Waals surface area contributed by atoms with Gasteiger partial charge in [-0.15, -0.1) is 0 Å². The molecule has 0 fully saturated rings. The molecule has 3 rings (SSSR count). The van der Waals surface area contributed by atoms with Crippen molar-refractivity contribution in [2.45, 2.75) is 6.54 Å². The average Bonchev–Trinajstić information content (AvgIpc) is 3.12. The summed E-state index contributed by atoms with van der Waals surface area (Å²) in [4.78, 5) is 12.0.